The third-order valence-corrected chi connectivity index (χ3v) is 10.8. The average molecular weight is 759 g/mol. The van der Waals surface area contributed by atoms with E-state index in [4.69, 9.17) is 21.1 Å². The molecule has 0 spiro atoms. The van der Waals surface area contributed by atoms with E-state index in [1.54, 1.807) is 24.5 Å². The largest absolute Gasteiger partial charge is 0.488 e. The van der Waals surface area contributed by atoms with Crippen molar-refractivity contribution in [2.75, 3.05) is 44.2 Å². The lowest BCUT2D eigenvalue weighted by atomic mass is 9.91. The maximum atomic E-state index is 11.5. The summed E-state index contributed by atoms with van der Waals surface area (Å²) in [6.07, 6.45) is 5.78. The highest BCUT2D eigenvalue weighted by molar-refractivity contribution is 6.32. The van der Waals surface area contributed by atoms with Gasteiger partial charge in [-0.1, -0.05) is 48.0 Å². The molecular formula is C41H47ClN4O8. The van der Waals surface area contributed by atoms with Crippen LogP contribution in [0, 0.1) is 6.92 Å². The number of carbonyl (C=O) groups is 2. The molecule has 13 heteroatoms. The number of rotatable bonds is 17. The zero-order chi connectivity index (χ0) is 38.2. The third kappa shape index (κ3) is 9.14. The molecule has 2 aliphatic heterocycles. The molecule has 286 valence electrons. The van der Waals surface area contributed by atoms with Crippen LogP contribution in [0.2, 0.25) is 5.02 Å². The third-order valence-electron chi connectivity index (χ3n) is 10.5. The molecule has 1 atom stereocenters. The van der Waals surface area contributed by atoms with Crippen molar-refractivity contribution in [3.8, 4) is 22.6 Å². The minimum absolute atomic E-state index is 0.0954. The van der Waals surface area contributed by atoms with Crippen LogP contribution in [-0.2, 0) is 35.8 Å². The van der Waals surface area contributed by atoms with E-state index in [9.17, 15) is 30.0 Å². The van der Waals surface area contributed by atoms with Gasteiger partial charge in [-0.25, -0.2) is 4.79 Å². The zero-order valence-corrected chi connectivity index (χ0v) is 31.1. The number of aromatic nitrogens is 1. The molecule has 3 aromatic carbocycles. The quantitative estimate of drug-likeness (QED) is 0.0973. The summed E-state index contributed by atoms with van der Waals surface area (Å²) in [6.45, 7) is 5.96. The Hall–Kier alpha value is -4.72. The number of nitrogens with one attached hydrogen (secondary N) is 1. The number of nitrogens with zero attached hydrogens (tertiary/aromatic N) is 3. The molecule has 0 bridgehead atoms. The second kappa shape index (κ2) is 17.6. The summed E-state index contributed by atoms with van der Waals surface area (Å²) < 4.78 is 12.5. The van der Waals surface area contributed by atoms with Gasteiger partial charge in [0.2, 0.25) is 0 Å². The van der Waals surface area contributed by atoms with Gasteiger partial charge in [0.05, 0.1) is 11.6 Å². The van der Waals surface area contributed by atoms with Crippen LogP contribution >= 0.6 is 11.6 Å². The van der Waals surface area contributed by atoms with E-state index in [2.05, 4.69) is 51.3 Å². The Kier molecular flexibility index (Phi) is 12.7. The molecule has 6 rings (SSSR count). The van der Waals surface area contributed by atoms with E-state index < -0.39 is 30.2 Å². The number of fused-ring (bicyclic) bond motifs is 1. The van der Waals surface area contributed by atoms with Gasteiger partial charge in [-0.15, -0.1) is 0 Å². The predicted octanol–water partition coefficient (Wildman–Crippen LogP) is 5.07. The Labute approximate surface area is 319 Å². The first-order valence-electron chi connectivity index (χ1n) is 18.2. The van der Waals surface area contributed by atoms with Crippen LogP contribution in [-0.4, -0.2) is 93.2 Å². The number of carboxylic acids is 2. The molecule has 0 aliphatic carbocycles. The Morgan fingerprint density at radius 3 is 2.43 bits per heavy atom. The monoisotopic (exact) mass is 758 g/mol. The first kappa shape index (κ1) is 39.0. The van der Waals surface area contributed by atoms with Crippen molar-refractivity contribution in [1.82, 2.24) is 15.2 Å². The van der Waals surface area contributed by atoms with Crippen LogP contribution in [0.4, 0.5) is 5.69 Å². The lowest BCUT2D eigenvalue weighted by molar-refractivity contribution is -0.163. The fourth-order valence-corrected chi connectivity index (χ4v) is 7.43. The number of aliphatic hydroxyl groups is 2. The Bertz CT molecular complexity index is 1940. The number of piperidine rings is 1. The van der Waals surface area contributed by atoms with E-state index >= 15 is 0 Å². The maximum absolute atomic E-state index is 11.5. The molecule has 54 heavy (non-hydrogen) atoms. The number of hydrogen-bond donors (Lipinski definition) is 5. The normalized spacial score (nSPS) is 15.8. The van der Waals surface area contributed by atoms with Crippen molar-refractivity contribution in [3.05, 3.63) is 106 Å². The van der Waals surface area contributed by atoms with Crippen LogP contribution in [0.1, 0.15) is 47.1 Å². The van der Waals surface area contributed by atoms with Crippen LogP contribution < -0.4 is 19.7 Å². The summed E-state index contributed by atoms with van der Waals surface area (Å²) in [7, 11) is 0. The molecule has 2 aliphatic rings. The van der Waals surface area contributed by atoms with Crippen molar-refractivity contribution >= 4 is 29.2 Å². The Balaban J connectivity index is 1.13. The lowest BCUT2D eigenvalue weighted by Gasteiger charge is -2.35. The molecule has 1 fully saturated rings. The van der Waals surface area contributed by atoms with Crippen molar-refractivity contribution in [2.24, 2.45) is 0 Å². The number of anilines is 1. The first-order valence-corrected chi connectivity index (χ1v) is 18.6. The number of carboxylic acid groups (broad SMARTS) is 2. The molecule has 0 radical (unpaired) electrons. The lowest BCUT2D eigenvalue weighted by Crippen LogP contribution is -2.49. The van der Waals surface area contributed by atoms with Crippen LogP contribution in [0.3, 0.4) is 0 Å². The van der Waals surface area contributed by atoms with Crippen LogP contribution in [0.5, 0.6) is 11.5 Å². The molecule has 1 saturated heterocycles. The van der Waals surface area contributed by atoms with E-state index in [1.165, 1.54) is 16.8 Å². The number of benzene rings is 3. The van der Waals surface area contributed by atoms with E-state index in [0.29, 0.717) is 35.2 Å². The van der Waals surface area contributed by atoms with Gasteiger partial charge in [-0.2, -0.15) is 0 Å². The highest BCUT2D eigenvalue weighted by Crippen LogP contribution is 2.39. The maximum Gasteiger partial charge on any atom is 0.335 e. The second-order valence-corrected chi connectivity index (χ2v) is 14.4. The second-order valence-electron chi connectivity index (χ2n) is 13.9. The van der Waals surface area contributed by atoms with Crippen LogP contribution in [0.25, 0.3) is 11.1 Å². The number of ether oxygens (including phenoxy) is 2. The van der Waals surface area contributed by atoms with E-state index in [1.807, 2.05) is 24.3 Å². The predicted molar refractivity (Wildman–Crippen MR) is 205 cm³/mol. The molecular weight excluding hydrogens is 712 g/mol. The molecule has 4 aromatic rings. The smallest absolute Gasteiger partial charge is 0.335 e. The van der Waals surface area contributed by atoms with E-state index in [0.717, 1.165) is 54.7 Å². The van der Waals surface area contributed by atoms with Gasteiger partial charge in [0, 0.05) is 68.0 Å². The fourth-order valence-electron chi connectivity index (χ4n) is 7.18. The van der Waals surface area contributed by atoms with Crippen molar-refractivity contribution in [2.45, 2.75) is 64.0 Å². The van der Waals surface area contributed by atoms with Gasteiger partial charge in [0.25, 0.3) is 0 Å². The number of aliphatic hydroxyl groups excluding tert-OH is 1. The number of pyridine rings is 1. The fraction of sp³-hybridized carbons (Fsp3) is 0.390. The van der Waals surface area contributed by atoms with Gasteiger partial charge in [-0.05, 0) is 85.2 Å². The highest BCUT2D eigenvalue weighted by Gasteiger charge is 2.39. The van der Waals surface area contributed by atoms with Crippen molar-refractivity contribution < 1.29 is 39.5 Å². The van der Waals surface area contributed by atoms with Crippen LogP contribution in [0.15, 0.2) is 73.1 Å². The Morgan fingerprint density at radius 1 is 0.944 bits per heavy atom. The summed E-state index contributed by atoms with van der Waals surface area (Å²) in [6, 6.07) is 18.6. The molecule has 0 saturated carbocycles. The molecule has 12 nitrogen and oxygen atoms in total. The number of hydrogen-bond acceptors (Lipinski definition) is 10. The number of aliphatic carboxylic acids is 2. The minimum atomic E-state index is -1.60. The first-order chi connectivity index (χ1) is 26.1. The van der Waals surface area contributed by atoms with Gasteiger partial charge in [0.1, 0.15) is 30.8 Å². The number of likely N-dealkylation sites (tertiary alicyclic amines) is 1. The SMILES string of the molecule is Cc1c(COc2cc(OCc3cccnc3)c(CN[C@@H](CO)C(=O)O)cc2Cl)cccc1-c1cccc2c1CCN2CCCN1CCC(O)(C(=O)O)CC1. The zero-order valence-electron chi connectivity index (χ0n) is 30.3. The summed E-state index contributed by atoms with van der Waals surface area (Å²) >= 11 is 6.72. The van der Waals surface area contributed by atoms with E-state index in [-0.39, 0.29) is 32.6 Å². The molecule has 0 unspecified atom stereocenters. The molecule has 0 amide bonds. The summed E-state index contributed by atoms with van der Waals surface area (Å²) in [5.41, 5.74) is 6.86. The highest BCUT2D eigenvalue weighted by atomic mass is 35.5. The summed E-state index contributed by atoms with van der Waals surface area (Å²) in [5.74, 6) is -1.41. The Morgan fingerprint density at radius 2 is 1.70 bits per heavy atom. The average Bonchev–Trinajstić information content (AvgIpc) is 3.59. The topological polar surface area (TPSA) is 165 Å². The van der Waals surface area contributed by atoms with Crippen molar-refractivity contribution in [1.29, 1.82) is 0 Å². The minimum Gasteiger partial charge on any atom is -0.488 e. The standard InChI is InChI=1S/C41H47ClN4O8/c1-27-29(26-54-38-21-37(53-25-28-6-4-14-43-22-28)30(20-34(38)42)23-44-35(24-47)39(48)49)7-2-8-31(27)32-9-3-10-36-33(32)11-17-46(36)16-5-15-45-18-12-41(52,13-19-45)40(50)51/h2-4,6-10,14,20-22,35,44,47,52H,5,11-13,15-19,23-26H2,1H3,(H,48,49)(H,50,51)/t35-/m0/s1. The van der Waals surface area contributed by atoms with Gasteiger partial charge >= 0.3 is 11.9 Å². The van der Waals surface area contributed by atoms with Crippen molar-refractivity contribution in [3.63, 3.8) is 0 Å². The summed E-state index contributed by atoms with van der Waals surface area (Å²) in [4.78, 5) is 31.7. The molecule has 3 heterocycles. The molecule has 1 aromatic heterocycles. The van der Waals surface area contributed by atoms with Gasteiger partial charge < -0.3 is 39.7 Å². The van der Waals surface area contributed by atoms with Gasteiger partial charge in [-0.3, -0.25) is 15.1 Å². The summed E-state index contributed by atoms with van der Waals surface area (Å²) in [5, 5.41) is 41.6. The number of halogens is 1. The molecule has 5 N–H and O–H groups in total. The van der Waals surface area contributed by atoms with Gasteiger partial charge in [0.15, 0.2) is 5.60 Å².